The molecule has 1 aliphatic rings. The van der Waals surface area contributed by atoms with Gasteiger partial charge in [-0.25, -0.2) is 0 Å². The standard InChI is InChI=1S/C20H31O3P/c1-13(2)12-24(23,18-9-7-6-8-17(18)21)20(22)19-15(4)10-14(3)11-16(19)5/h10-11,13,17-18,21H,6-9,12H2,1-5H3. The van der Waals surface area contributed by atoms with Crippen molar-refractivity contribution in [3.63, 3.8) is 0 Å². The molecule has 1 saturated carbocycles. The Hall–Kier alpha value is -0.920. The molecule has 0 radical (unpaired) electrons. The highest BCUT2D eigenvalue weighted by molar-refractivity contribution is 7.81. The van der Waals surface area contributed by atoms with Crippen molar-refractivity contribution in [1.29, 1.82) is 0 Å². The van der Waals surface area contributed by atoms with E-state index in [1.54, 1.807) is 0 Å². The maximum atomic E-state index is 14.0. The largest absolute Gasteiger partial charge is 0.392 e. The van der Waals surface area contributed by atoms with Crippen molar-refractivity contribution >= 4 is 12.7 Å². The van der Waals surface area contributed by atoms with Gasteiger partial charge in [-0.05, 0) is 50.7 Å². The number of hydrogen-bond acceptors (Lipinski definition) is 3. The first kappa shape index (κ1) is 19.4. The highest BCUT2D eigenvalue weighted by atomic mass is 31.2. The fourth-order valence-corrected chi connectivity index (χ4v) is 8.05. The second-order valence-corrected chi connectivity index (χ2v) is 10.9. The molecule has 3 unspecified atom stereocenters. The van der Waals surface area contributed by atoms with Crippen LogP contribution in [0.2, 0.25) is 0 Å². The fourth-order valence-electron chi connectivity index (χ4n) is 4.20. The first-order chi connectivity index (χ1) is 11.2. The van der Waals surface area contributed by atoms with Crippen molar-refractivity contribution in [3.8, 4) is 0 Å². The van der Waals surface area contributed by atoms with E-state index in [-0.39, 0.29) is 17.1 Å². The molecule has 1 aromatic rings. The Morgan fingerprint density at radius 1 is 1.17 bits per heavy atom. The number of rotatable bonds is 5. The van der Waals surface area contributed by atoms with Crippen molar-refractivity contribution in [1.82, 2.24) is 0 Å². The van der Waals surface area contributed by atoms with E-state index in [9.17, 15) is 14.5 Å². The number of aliphatic hydroxyl groups excluding tert-OH is 1. The summed E-state index contributed by atoms with van der Waals surface area (Å²) in [5.41, 5.74) is 2.93. The van der Waals surface area contributed by atoms with Crippen LogP contribution in [0.5, 0.6) is 0 Å². The minimum atomic E-state index is -3.18. The Labute approximate surface area is 146 Å². The van der Waals surface area contributed by atoms with E-state index >= 15 is 0 Å². The van der Waals surface area contributed by atoms with Crippen LogP contribution in [0.4, 0.5) is 0 Å². The van der Waals surface area contributed by atoms with E-state index < -0.39 is 13.2 Å². The zero-order valence-corrected chi connectivity index (χ0v) is 16.5. The van der Waals surface area contributed by atoms with E-state index in [4.69, 9.17) is 0 Å². The summed E-state index contributed by atoms with van der Waals surface area (Å²) in [5.74, 6) is 0.167. The lowest BCUT2D eigenvalue weighted by molar-refractivity contribution is 0.104. The quantitative estimate of drug-likeness (QED) is 0.754. The van der Waals surface area contributed by atoms with Crippen molar-refractivity contribution in [3.05, 3.63) is 34.4 Å². The average molecular weight is 350 g/mol. The lowest BCUT2D eigenvalue weighted by atomic mass is 9.97. The van der Waals surface area contributed by atoms with E-state index in [0.717, 1.165) is 29.5 Å². The van der Waals surface area contributed by atoms with E-state index in [2.05, 4.69) is 0 Å². The summed E-state index contributed by atoms with van der Waals surface area (Å²) >= 11 is 0. The van der Waals surface area contributed by atoms with Crippen LogP contribution in [0.1, 0.15) is 66.6 Å². The van der Waals surface area contributed by atoms with Crippen molar-refractivity contribution in [2.45, 2.75) is 72.1 Å². The van der Waals surface area contributed by atoms with Crippen LogP contribution in [-0.4, -0.2) is 28.6 Å². The zero-order valence-electron chi connectivity index (χ0n) is 15.6. The molecule has 0 bridgehead atoms. The smallest absolute Gasteiger partial charge is 0.222 e. The molecular weight excluding hydrogens is 319 g/mol. The van der Waals surface area contributed by atoms with E-state index in [0.29, 0.717) is 24.6 Å². The molecule has 1 aromatic carbocycles. The van der Waals surface area contributed by atoms with Gasteiger partial charge in [0.2, 0.25) is 5.52 Å². The second kappa shape index (κ2) is 7.54. The van der Waals surface area contributed by atoms with E-state index in [1.165, 1.54) is 0 Å². The Bertz CT molecular complexity index is 640. The van der Waals surface area contributed by atoms with Gasteiger partial charge in [-0.3, -0.25) is 4.79 Å². The average Bonchev–Trinajstić information content (AvgIpc) is 2.45. The lowest BCUT2D eigenvalue weighted by Gasteiger charge is -2.35. The van der Waals surface area contributed by atoms with Gasteiger partial charge < -0.3 is 9.67 Å². The Balaban J connectivity index is 2.52. The first-order valence-electron chi connectivity index (χ1n) is 9.06. The zero-order chi connectivity index (χ0) is 18.1. The Morgan fingerprint density at radius 3 is 2.21 bits per heavy atom. The molecule has 24 heavy (non-hydrogen) atoms. The molecule has 0 saturated heterocycles. The number of hydrogen-bond donors (Lipinski definition) is 1. The van der Waals surface area contributed by atoms with Gasteiger partial charge in [0, 0.05) is 17.4 Å². The monoisotopic (exact) mass is 350 g/mol. The second-order valence-electron chi connectivity index (χ2n) is 7.87. The summed E-state index contributed by atoms with van der Waals surface area (Å²) < 4.78 is 14.0. The van der Waals surface area contributed by atoms with Crippen LogP contribution in [0, 0.1) is 26.7 Å². The summed E-state index contributed by atoms with van der Waals surface area (Å²) in [6, 6.07) is 3.97. The molecule has 1 fully saturated rings. The van der Waals surface area contributed by atoms with Crippen molar-refractivity contribution in [2.24, 2.45) is 5.92 Å². The molecule has 0 aromatic heterocycles. The van der Waals surface area contributed by atoms with Crippen molar-refractivity contribution < 1.29 is 14.5 Å². The van der Waals surface area contributed by atoms with Gasteiger partial charge in [0.05, 0.1) is 6.10 Å². The maximum absolute atomic E-state index is 14.0. The summed E-state index contributed by atoms with van der Waals surface area (Å²) in [7, 11) is -3.18. The van der Waals surface area contributed by atoms with Crippen molar-refractivity contribution in [2.75, 3.05) is 6.16 Å². The summed E-state index contributed by atoms with van der Waals surface area (Å²) in [5, 5.41) is 10.5. The summed E-state index contributed by atoms with van der Waals surface area (Å²) in [4.78, 5) is 13.4. The normalized spacial score (nSPS) is 24.0. The molecule has 1 aliphatic carbocycles. The molecule has 0 amide bonds. The third-order valence-electron chi connectivity index (χ3n) is 5.10. The fraction of sp³-hybridized carbons (Fsp3) is 0.650. The highest BCUT2D eigenvalue weighted by Crippen LogP contribution is 2.59. The molecule has 1 N–H and O–H groups in total. The molecule has 3 atom stereocenters. The van der Waals surface area contributed by atoms with Crippen LogP contribution in [0.15, 0.2) is 12.1 Å². The number of aryl methyl sites for hydroxylation is 3. The number of carbonyl (C=O) groups is 1. The molecule has 0 spiro atoms. The summed E-state index contributed by atoms with van der Waals surface area (Å²) in [6.45, 7) is 9.86. The van der Waals surface area contributed by atoms with Gasteiger partial charge in [0.1, 0.15) is 0 Å². The number of aliphatic hydroxyl groups is 1. The lowest BCUT2D eigenvalue weighted by Crippen LogP contribution is -2.34. The van der Waals surface area contributed by atoms with Crippen LogP contribution >= 0.6 is 7.14 Å². The highest BCUT2D eigenvalue weighted by Gasteiger charge is 2.45. The maximum Gasteiger partial charge on any atom is 0.222 e. The molecule has 134 valence electrons. The number of benzene rings is 1. The molecule has 4 heteroatoms. The van der Waals surface area contributed by atoms with Crippen LogP contribution in [0.3, 0.4) is 0 Å². The molecular formula is C20H31O3P. The van der Waals surface area contributed by atoms with Crippen LogP contribution < -0.4 is 0 Å². The predicted molar refractivity (Wildman–Crippen MR) is 101 cm³/mol. The molecule has 0 aliphatic heterocycles. The summed E-state index contributed by atoms with van der Waals surface area (Å²) in [6.07, 6.45) is 3.03. The first-order valence-corrected chi connectivity index (χ1v) is 11.0. The topological polar surface area (TPSA) is 54.4 Å². The van der Waals surface area contributed by atoms with Gasteiger partial charge >= 0.3 is 0 Å². The van der Waals surface area contributed by atoms with Gasteiger partial charge in [-0.1, -0.05) is 44.4 Å². The van der Waals surface area contributed by atoms with E-state index in [1.807, 2.05) is 46.8 Å². The Kier molecular flexibility index (Phi) is 6.09. The Morgan fingerprint density at radius 2 is 1.71 bits per heavy atom. The minimum absolute atomic E-state index is 0.167. The predicted octanol–water partition coefficient (Wildman–Crippen LogP) is 5.07. The van der Waals surface area contributed by atoms with Gasteiger partial charge in [0.25, 0.3) is 0 Å². The third kappa shape index (κ3) is 3.83. The minimum Gasteiger partial charge on any atom is -0.392 e. The molecule has 3 nitrogen and oxygen atoms in total. The molecule has 0 heterocycles. The van der Waals surface area contributed by atoms with Gasteiger partial charge in [0.15, 0.2) is 7.14 Å². The van der Waals surface area contributed by atoms with Gasteiger partial charge in [-0.2, -0.15) is 0 Å². The van der Waals surface area contributed by atoms with Crippen LogP contribution in [0.25, 0.3) is 0 Å². The van der Waals surface area contributed by atoms with Crippen LogP contribution in [-0.2, 0) is 4.57 Å². The molecule has 2 rings (SSSR count). The third-order valence-corrected chi connectivity index (χ3v) is 8.96. The number of carbonyl (C=O) groups excluding carboxylic acids is 1. The SMILES string of the molecule is Cc1cc(C)c(C(=O)P(=O)(CC(C)C)C2CCCCC2O)c(C)c1. The van der Waals surface area contributed by atoms with Gasteiger partial charge in [-0.15, -0.1) is 0 Å².